The molecule has 0 fully saturated rings. The van der Waals surface area contributed by atoms with Crippen molar-refractivity contribution >= 4 is 23.3 Å². The normalized spacial score (nSPS) is 13.7. The van der Waals surface area contributed by atoms with E-state index in [9.17, 15) is 9.59 Å². The minimum Gasteiger partial charge on any atom is -0.481 e. The highest BCUT2D eigenvalue weighted by Crippen LogP contribution is 2.33. The molecule has 0 spiro atoms. The third-order valence-corrected chi connectivity index (χ3v) is 2.98. The lowest BCUT2D eigenvalue weighted by Crippen LogP contribution is -2.42. The lowest BCUT2D eigenvalue weighted by atomic mass is 10.2. The lowest BCUT2D eigenvalue weighted by Gasteiger charge is -2.28. The van der Waals surface area contributed by atoms with E-state index >= 15 is 0 Å². The molecular weight excluding hydrogens is 260 g/mol. The first-order valence-electron chi connectivity index (χ1n) is 6.60. The molecule has 0 aromatic heterocycles. The minimum atomic E-state index is -0.420. The van der Waals surface area contributed by atoms with Crippen molar-refractivity contribution < 1.29 is 19.1 Å². The number of carbonyl (C=O) groups excluding carboxylic acids is 2. The molecule has 0 saturated carbocycles. The topological polar surface area (TPSA) is 81.9 Å². The summed E-state index contributed by atoms with van der Waals surface area (Å²) in [5.41, 5.74) is 6.76. The smallest absolute Gasteiger partial charge is 0.326 e. The summed E-state index contributed by atoms with van der Waals surface area (Å²) >= 11 is 0. The summed E-state index contributed by atoms with van der Waals surface area (Å²) < 4.78 is 10.4. The Kier molecular flexibility index (Phi) is 4.45. The summed E-state index contributed by atoms with van der Waals surface area (Å²) in [6, 6.07) is 4.97. The van der Waals surface area contributed by atoms with Gasteiger partial charge in [-0.25, -0.2) is 0 Å². The highest BCUT2D eigenvalue weighted by Gasteiger charge is 2.27. The first kappa shape index (κ1) is 14.2. The van der Waals surface area contributed by atoms with Crippen LogP contribution < -0.4 is 15.4 Å². The van der Waals surface area contributed by atoms with Gasteiger partial charge < -0.3 is 15.2 Å². The van der Waals surface area contributed by atoms with Gasteiger partial charge in [0.15, 0.2) is 6.61 Å². The van der Waals surface area contributed by atoms with E-state index in [-0.39, 0.29) is 19.1 Å². The fourth-order valence-electron chi connectivity index (χ4n) is 1.90. The van der Waals surface area contributed by atoms with Crippen LogP contribution in [0.2, 0.25) is 0 Å². The molecule has 108 valence electrons. The second-order valence-electron chi connectivity index (χ2n) is 4.57. The van der Waals surface area contributed by atoms with Gasteiger partial charge in [0.25, 0.3) is 5.91 Å². The number of carbonyl (C=O) groups is 2. The number of ether oxygens (including phenoxy) is 2. The monoisotopic (exact) mass is 278 g/mol. The number of nitrogen functional groups attached to an aromatic ring is 1. The van der Waals surface area contributed by atoms with E-state index in [1.165, 1.54) is 4.90 Å². The molecule has 1 aromatic carbocycles. The largest absolute Gasteiger partial charge is 0.481 e. The third-order valence-electron chi connectivity index (χ3n) is 2.98. The molecule has 1 aliphatic heterocycles. The van der Waals surface area contributed by atoms with E-state index in [0.717, 1.165) is 12.8 Å². The van der Waals surface area contributed by atoms with Crippen LogP contribution in [0.15, 0.2) is 18.2 Å². The minimum absolute atomic E-state index is 0.0985. The number of nitrogens with zero attached hydrogens (tertiary/aromatic N) is 1. The Morgan fingerprint density at radius 3 is 3.05 bits per heavy atom. The van der Waals surface area contributed by atoms with Gasteiger partial charge in [-0.2, -0.15) is 0 Å². The van der Waals surface area contributed by atoms with Crippen molar-refractivity contribution in [1.29, 1.82) is 0 Å². The number of benzene rings is 1. The Morgan fingerprint density at radius 1 is 1.50 bits per heavy atom. The Bertz CT molecular complexity index is 516. The van der Waals surface area contributed by atoms with Gasteiger partial charge in [0.05, 0.1) is 12.3 Å². The molecule has 2 rings (SSSR count). The van der Waals surface area contributed by atoms with Crippen LogP contribution in [0.4, 0.5) is 11.4 Å². The van der Waals surface area contributed by atoms with Gasteiger partial charge >= 0.3 is 5.97 Å². The molecule has 1 aromatic rings. The second kappa shape index (κ2) is 6.27. The first-order valence-corrected chi connectivity index (χ1v) is 6.60. The van der Waals surface area contributed by atoms with Crippen molar-refractivity contribution in [2.45, 2.75) is 19.8 Å². The van der Waals surface area contributed by atoms with E-state index in [1.54, 1.807) is 18.2 Å². The number of amides is 1. The number of hydrogen-bond donors (Lipinski definition) is 1. The van der Waals surface area contributed by atoms with Crippen LogP contribution in [0.1, 0.15) is 19.8 Å². The number of esters is 1. The molecule has 1 aliphatic rings. The van der Waals surface area contributed by atoms with Gasteiger partial charge in [0, 0.05) is 11.8 Å². The van der Waals surface area contributed by atoms with Gasteiger partial charge in [-0.3, -0.25) is 14.5 Å². The number of nitrogens with two attached hydrogens (primary N) is 1. The van der Waals surface area contributed by atoms with Crippen LogP contribution in [-0.2, 0) is 14.3 Å². The van der Waals surface area contributed by atoms with Crippen molar-refractivity contribution in [3.63, 3.8) is 0 Å². The average Bonchev–Trinajstić information content (AvgIpc) is 2.42. The van der Waals surface area contributed by atoms with E-state index in [4.69, 9.17) is 15.2 Å². The van der Waals surface area contributed by atoms with Crippen LogP contribution in [0.3, 0.4) is 0 Å². The molecule has 0 saturated heterocycles. The average molecular weight is 278 g/mol. The third kappa shape index (κ3) is 3.20. The molecule has 0 bridgehead atoms. The van der Waals surface area contributed by atoms with Gasteiger partial charge in [-0.15, -0.1) is 0 Å². The summed E-state index contributed by atoms with van der Waals surface area (Å²) in [5, 5.41) is 0. The Hall–Kier alpha value is -2.24. The van der Waals surface area contributed by atoms with Crippen molar-refractivity contribution in [2.24, 2.45) is 0 Å². The zero-order valence-electron chi connectivity index (χ0n) is 11.4. The quantitative estimate of drug-likeness (QED) is 0.499. The number of fused-ring (bicyclic) bond motifs is 1. The SMILES string of the molecule is CCCCOC(=O)CN1C(=O)COc2cc(N)ccc21. The van der Waals surface area contributed by atoms with Crippen molar-refractivity contribution in [2.75, 3.05) is 30.4 Å². The molecular formula is C14H18N2O4. The predicted molar refractivity (Wildman–Crippen MR) is 74.6 cm³/mol. The molecule has 0 atom stereocenters. The predicted octanol–water partition coefficient (Wildman–Crippen LogP) is 1.34. The summed E-state index contributed by atoms with van der Waals surface area (Å²) in [4.78, 5) is 25.0. The number of anilines is 2. The summed E-state index contributed by atoms with van der Waals surface area (Å²) in [6.07, 6.45) is 1.77. The molecule has 6 heteroatoms. The number of unbranched alkanes of at least 4 members (excludes halogenated alkanes) is 1. The lowest BCUT2D eigenvalue weighted by molar-refractivity contribution is -0.143. The van der Waals surface area contributed by atoms with Crippen LogP contribution in [-0.4, -0.2) is 31.6 Å². The molecule has 6 nitrogen and oxygen atoms in total. The molecule has 1 amide bonds. The van der Waals surface area contributed by atoms with Crippen molar-refractivity contribution in [3.05, 3.63) is 18.2 Å². The van der Waals surface area contributed by atoms with Crippen LogP contribution in [0.25, 0.3) is 0 Å². The van der Waals surface area contributed by atoms with Crippen LogP contribution >= 0.6 is 0 Å². The molecule has 0 aliphatic carbocycles. The van der Waals surface area contributed by atoms with Gasteiger partial charge in [-0.05, 0) is 18.6 Å². The van der Waals surface area contributed by atoms with E-state index < -0.39 is 5.97 Å². The van der Waals surface area contributed by atoms with E-state index in [0.29, 0.717) is 23.7 Å². The Morgan fingerprint density at radius 2 is 2.30 bits per heavy atom. The Labute approximate surface area is 117 Å². The van der Waals surface area contributed by atoms with Gasteiger partial charge in [0.2, 0.25) is 0 Å². The fourth-order valence-corrected chi connectivity index (χ4v) is 1.90. The Balaban J connectivity index is 2.07. The maximum Gasteiger partial charge on any atom is 0.326 e. The van der Waals surface area contributed by atoms with Crippen LogP contribution in [0, 0.1) is 0 Å². The van der Waals surface area contributed by atoms with E-state index in [1.807, 2.05) is 6.92 Å². The van der Waals surface area contributed by atoms with Crippen molar-refractivity contribution in [1.82, 2.24) is 0 Å². The standard InChI is InChI=1S/C14H18N2O4/c1-2-3-6-19-14(18)8-16-11-5-4-10(15)7-12(11)20-9-13(16)17/h4-5,7H,2-3,6,8-9,15H2,1H3. The summed E-state index contributed by atoms with van der Waals surface area (Å²) in [5.74, 6) is -0.183. The van der Waals surface area contributed by atoms with E-state index in [2.05, 4.69) is 0 Å². The molecule has 2 N–H and O–H groups in total. The number of rotatable bonds is 5. The fraction of sp³-hybridized carbons (Fsp3) is 0.429. The summed E-state index contributed by atoms with van der Waals surface area (Å²) in [6.45, 7) is 2.18. The maximum absolute atomic E-state index is 11.9. The van der Waals surface area contributed by atoms with Crippen molar-refractivity contribution in [3.8, 4) is 5.75 Å². The highest BCUT2D eigenvalue weighted by molar-refractivity contribution is 6.01. The molecule has 0 unspecified atom stereocenters. The number of hydrogen-bond acceptors (Lipinski definition) is 5. The molecule has 20 heavy (non-hydrogen) atoms. The molecule has 1 heterocycles. The highest BCUT2D eigenvalue weighted by atomic mass is 16.5. The van der Waals surface area contributed by atoms with Crippen LogP contribution in [0.5, 0.6) is 5.75 Å². The zero-order chi connectivity index (χ0) is 14.5. The molecule has 0 radical (unpaired) electrons. The van der Waals surface area contributed by atoms with Gasteiger partial charge in [-0.1, -0.05) is 13.3 Å². The summed E-state index contributed by atoms with van der Waals surface area (Å²) in [7, 11) is 0. The second-order valence-corrected chi connectivity index (χ2v) is 4.57. The maximum atomic E-state index is 11.9. The van der Waals surface area contributed by atoms with Gasteiger partial charge in [0.1, 0.15) is 12.3 Å². The zero-order valence-corrected chi connectivity index (χ0v) is 11.4. The first-order chi connectivity index (χ1) is 9.61.